The van der Waals surface area contributed by atoms with Crippen molar-refractivity contribution in [2.75, 3.05) is 39.4 Å². The second-order valence-corrected chi connectivity index (χ2v) is 6.52. The molecule has 0 radical (unpaired) electrons. The van der Waals surface area contributed by atoms with Crippen LogP contribution in [-0.4, -0.2) is 70.9 Å². The molecule has 0 spiro atoms. The van der Waals surface area contributed by atoms with Crippen LogP contribution in [0.2, 0.25) is 0 Å². The summed E-state index contributed by atoms with van der Waals surface area (Å²) in [7, 11) is 1.75. The van der Waals surface area contributed by atoms with Gasteiger partial charge in [-0.2, -0.15) is 0 Å². The van der Waals surface area contributed by atoms with Gasteiger partial charge in [-0.15, -0.1) is 0 Å². The summed E-state index contributed by atoms with van der Waals surface area (Å²) < 4.78 is 7.33. The Balaban J connectivity index is 1.78. The molecule has 0 aliphatic carbocycles. The summed E-state index contributed by atoms with van der Waals surface area (Å²) in [6.07, 6.45) is 1.75. The molecule has 126 valence electrons. The lowest BCUT2D eigenvalue weighted by Gasteiger charge is -2.30. The zero-order valence-electron chi connectivity index (χ0n) is 13.4. The Kier molecular flexibility index (Phi) is 4.79. The van der Waals surface area contributed by atoms with Crippen molar-refractivity contribution in [2.24, 2.45) is 13.0 Å². The number of aliphatic carboxylic acids is 1. The zero-order chi connectivity index (χ0) is 16.4. The number of hydrogen-bond donors (Lipinski definition) is 1. The van der Waals surface area contributed by atoms with Crippen LogP contribution < -0.4 is 5.56 Å². The van der Waals surface area contributed by atoms with Gasteiger partial charge in [0.2, 0.25) is 0 Å². The molecular weight excluding hydrogens is 298 g/mol. The predicted octanol–water partition coefficient (Wildman–Crippen LogP) is -0.397. The molecule has 2 aliphatic rings. The van der Waals surface area contributed by atoms with Gasteiger partial charge in [0.15, 0.2) is 0 Å². The van der Waals surface area contributed by atoms with E-state index in [1.807, 2.05) is 17.0 Å². The molecule has 23 heavy (non-hydrogen) atoms. The lowest BCUT2D eigenvalue weighted by Crippen LogP contribution is -2.45. The molecule has 0 amide bonds. The van der Waals surface area contributed by atoms with E-state index in [1.54, 1.807) is 17.8 Å². The Morgan fingerprint density at radius 1 is 1.35 bits per heavy atom. The molecule has 2 fully saturated rings. The fourth-order valence-corrected chi connectivity index (χ4v) is 3.53. The average Bonchev–Trinajstić information content (AvgIpc) is 2.73. The summed E-state index contributed by atoms with van der Waals surface area (Å²) >= 11 is 0. The lowest BCUT2D eigenvalue weighted by molar-refractivity contribution is -0.138. The molecule has 2 atom stereocenters. The van der Waals surface area contributed by atoms with Crippen molar-refractivity contribution in [2.45, 2.75) is 12.6 Å². The first kappa shape index (κ1) is 16.2. The molecule has 2 saturated heterocycles. The molecule has 7 heteroatoms. The highest BCUT2D eigenvalue weighted by atomic mass is 16.5. The maximum absolute atomic E-state index is 12.2. The number of rotatable bonds is 4. The van der Waals surface area contributed by atoms with Crippen molar-refractivity contribution in [3.8, 4) is 0 Å². The lowest BCUT2D eigenvalue weighted by atomic mass is 10.1. The van der Waals surface area contributed by atoms with Gasteiger partial charge in [-0.3, -0.25) is 19.4 Å². The topological polar surface area (TPSA) is 75.0 Å². The highest BCUT2D eigenvalue weighted by Crippen LogP contribution is 2.21. The Morgan fingerprint density at radius 2 is 2.17 bits per heavy atom. The number of aryl methyl sites for hydroxylation is 1. The average molecular weight is 321 g/mol. The van der Waals surface area contributed by atoms with Gasteiger partial charge in [-0.05, 0) is 6.07 Å². The number of ether oxygens (including phenoxy) is 1. The van der Waals surface area contributed by atoms with E-state index < -0.39 is 5.97 Å². The first-order chi connectivity index (χ1) is 11.0. The molecule has 0 aromatic carbocycles. The van der Waals surface area contributed by atoms with Crippen LogP contribution >= 0.6 is 0 Å². The Labute approximate surface area is 135 Å². The smallest absolute Gasteiger partial charge is 0.317 e. The molecule has 0 saturated carbocycles. The third-order valence-electron chi connectivity index (χ3n) is 4.59. The van der Waals surface area contributed by atoms with Gasteiger partial charge in [0.05, 0.1) is 19.8 Å². The zero-order valence-corrected chi connectivity index (χ0v) is 13.4. The predicted molar refractivity (Wildman–Crippen MR) is 84.3 cm³/mol. The van der Waals surface area contributed by atoms with Crippen LogP contribution in [0.4, 0.5) is 0 Å². The summed E-state index contributed by atoms with van der Waals surface area (Å²) in [6, 6.07) is 3.87. The fourth-order valence-electron chi connectivity index (χ4n) is 3.53. The number of fused-ring (bicyclic) bond motifs is 3. The highest BCUT2D eigenvalue weighted by Gasteiger charge is 2.34. The van der Waals surface area contributed by atoms with Crippen molar-refractivity contribution in [1.29, 1.82) is 0 Å². The summed E-state index contributed by atoms with van der Waals surface area (Å²) in [5.41, 5.74) is 0.793. The largest absolute Gasteiger partial charge is 0.480 e. The van der Waals surface area contributed by atoms with E-state index in [0.717, 1.165) is 18.7 Å². The van der Waals surface area contributed by atoms with E-state index in [4.69, 9.17) is 9.84 Å². The first-order valence-electron chi connectivity index (χ1n) is 7.93. The molecule has 1 aromatic rings. The van der Waals surface area contributed by atoms with E-state index in [2.05, 4.69) is 4.90 Å². The van der Waals surface area contributed by atoms with Crippen molar-refractivity contribution in [1.82, 2.24) is 14.4 Å². The minimum Gasteiger partial charge on any atom is -0.480 e. The van der Waals surface area contributed by atoms with E-state index in [1.165, 1.54) is 0 Å². The Bertz CT molecular complexity index is 630. The molecule has 2 aliphatic heterocycles. The minimum absolute atomic E-state index is 0.0228. The monoisotopic (exact) mass is 321 g/mol. The molecule has 7 nitrogen and oxygen atoms in total. The third-order valence-corrected chi connectivity index (χ3v) is 4.59. The van der Waals surface area contributed by atoms with Gasteiger partial charge in [0.1, 0.15) is 0 Å². The summed E-state index contributed by atoms with van der Waals surface area (Å²) in [5, 5.41) is 9.06. The highest BCUT2D eigenvalue weighted by molar-refractivity contribution is 5.69. The minimum atomic E-state index is -0.797. The van der Waals surface area contributed by atoms with E-state index >= 15 is 0 Å². The normalized spacial score (nSPS) is 26.0. The number of pyridine rings is 1. The number of aromatic nitrogens is 1. The first-order valence-corrected chi connectivity index (χ1v) is 7.93. The number of carboxylic acid groups (broad SMARTS) is 1. The van der Waals surface area contributed by atoms with Crippen LogP contribution in [0.1, 0.15) is 5.56 Å². The van der Waals surface area contributed by atoms with Gasteiger partial charge in [-0.1, -0.05) is 6.07 Å². The standard InChI is InChI=1S/C16H23N3O4/c1-17-4-2-3-13(16(17)22)7-19-6-12-5-18(9-15(20)21)8-14(19)11-23-10-12/h2-4,12,14H,5-11H2,1H3,(H,20,21)/t12-,14-/m0/s1. The quantitative estimate of drug-likeness (QED) is 0.813. The van der Waals surface area contributed by atoms with Gasteiger partial charge in [-0.25, -0.2) is 0 Å². The molecule has 1 N–H and O–H groups in total. The number of nitrogens with zero attached hydrogens (tertiary/aromatic N) is 3. The Morgan fingerprint density at radius 3 is 2.96 bits per heavy atom. The van der Waals surface area contributed by atoms with Gasteiger partial charge in [0.25, 0.3) is 5.56 Å². The number of carbonyl (C=O) groups is 1. The van der Waals surface area contributed by atoms with Crippen LogP contribution in [0.5, 0.6) is 0 Å². The molecule has 3 heterocycles. The molecule has 2 bridgehead atoms. The van der Waals surface area contributed by atoms with Crippen molar-refractivity contribution in [3.63, 3.8) is 0 Å². The van der Waals surface area contributed by atoms with Crippen LogP contribution in [0, 0.1) is 5.92 Å². The second kappa shape index (κ2) is 6.82. The van der Waals surface area contributed by atoms with Gasteiger partial charge in [0, 0.05) is 56.9 Å². The van der Waals surface area contributed by atoms with Crippen molar-refractivity contribution >= 4 is 5.97 Å². The Hall–Kier alpha value is -1.70. The second-order valence-electron chi connectivity index (χ2n) is 6.52. The fraction of sp³-hybridized carbons (Fsp3) is 0.625. The molecule has 0 unspecified atom stereocenters. The van der Waals surface area contributed by atoms with E-state index in [0.29, 0.717) is 26.3 Å². The van der Waals surface area contributed by atoms with Crippen LogP contribution in [0.25, 0.3) is 0 Å². The maximum Gasteiger partial charge on any atom is 0.317 e. The van der Waals surface area contributed by atoms with E-state index in [9.17, 15) is 9.59 Å². The third kappa shape index (κ3) is 3.80. The van der Waals surface area contributed by atoms with Crippen LogP contribution in [0.15, 0.2) is 23.1 Å². The van der Waals surface area contributed by atoms with Crippen molar-refractivity contribution < 1.29 is 14.6 Å². The van der Waals surface area contributed by atoms with Crippen LogP contribution in [0.3, 0.4) is 0 Å². The van der Waals surface area contributed by atoms with Gasteiger partial charge >= 0.3 is 5.97 Å². The van der Waals surface area contributed by atoms with Crippen LogP contribution in [-0.2, 0) is 23.1 Å². The number of carboxylic acids is 1. The number of hydrogen-bond acceptors (Lipinski definition) is 5. The summed E-state index contributed by atoms with van der Waals surface area (Å²) in [4.78, 5) is 27.5. The van der Waals surface area contributed by atoms with E-state index in [-0.39, 0.29) is 24.1 Å². The van der Waals surface area contributed by atoms with Crippen molar-refractivity contribution in [3.05, 3.63) is 34.2 Å². The summed E-state index contributed by atoms with van der Waals surface area (Å²) in [6.45, 7) is 4.10. The molecule has 3 rings (SSSR count). The van der Waals surface area contributed by atoms with Gasteiger partial charge < -0.3 is 14.4 Å². The molecular formula is C16H23N3O4. The SMILES string of the molecule is Cn1cccc(CN2C[C@H]3COC[C@@H]2CN(CC(=O)O)C3)c1=O. The summed E-state index contributed by atoms with van der Waals surface area (Å²) in [5.74, 6) is -0.524. The maximum atomic E-state index is 12.2. The molecule has 1 aromatic heterocycles.